The molecule has 11 nitrogen and oxygen atoms in total. The van der Waals surface area contributed by atoms with Crippen LogP contribution in [0.5, 0.6) is 0 Å². The van der Waals surface area contributed by atoms with E-state index in [1.165, 1.54) is 20.8 Å². The first-order chi connectivity index (χ1) is 11.3. The Kier molecular flexibility index (Phi) is 6.86. The molecule has 1 rings (SSSR count). The lowest BCUT2D eigenvalue weighted by molar-refractivity contribution is -0.141. The zero-order valence-electron chi connectivity index (χ0n) is 13.9. The van der Waals surface area contributed by atoms with Crippen LogP contribution in [0.3, 0.4) is 0 Å². The number of hydrogen-bond acceptors (Lipinski definition) is 7. The molecule has 0 bridgehead atoms. The molecule has 25 heavy (non-hydrogen) atoms. The lowest BCUT2D eigenvalue weighted by Crippen LogP contribution is -2.41. The molecule has 0 fully saturated rings. The first-order valence-corrected chi connectivity index (χ1v) is 10.1. The van der Waals surface area contributed by atoms with Gasteiger partial charge in [0.15, 0.2) is 0 Å². The molecule has 3 amide bonds. The maximum atomic E-state index is 11.8. The van der Waals surface area contributed by atoms with Crippen LogP contribution in [0.25, 0.3) is 0 Å². The van der Waals surface area contributed by atoms with E-state index in [1.807, 2.05) is 0 Å². The van der Waals surface area contributed by atoms with Crippen LogP contribution in [0.15, 0.2) is 12.2 Å². The summed E-state index contributed by atoms with van der Waals surface area (Å²) in [7, 11) is -9.23. The molecule has 2 unspecified atom stereocenters. The molecule has 0 saturated carbocycles. The predicted octanol–water partition coefficient (Wildman–Crippen LogP) is 0.145. The highest BCUT2D eigenvalue weighted by Gasteiger charge is 2.43. The molecule has 13 heteroatoms. The summed E-state index contributed by atoms with van der Waals surface area (Å²) in [6, 6.07) is 0. The average Bonchev–Trinajstić information content (AvgIpc) is 2.73. The van der Waals surface area contributed by atoms with Crippen molar-refractivity contribution in [3.63, 3.8) is 0 Å². The van der Waals surface area contributed by atoms with Crippen molar-refractivity contribution < 1.29 is 42.1 Å². The Labute approximate surface area is 144 Å². The van der Waals surface area contributed by atoms with E-state index in [0.717, 1.165) is 12.2 Å². The standard InChI is InChI=1S/C12H20N2O9P2/c1-12(2,3)24(18,19)23-25(20,21)22-7-6-13-9(15)8-14-10(16)4-5-11(14)17/h4-5H,6-8H2,1-3H3,(H,13,15)(H,18,19)(H,20,21). The number of nitrogens with zero attached hydrogens (tertiary/aromatic N) is 1. The fraction of sp³-hybridized carbons (Fsp3) is 0.583. The van der Waals surface area contributed by atoms with Crippen LogP contribution in [0, 0.1) is 0 Å². The number of phosphoric acid groups is 1. The van der Waals surface area contributed by atoms with Crippen molar-refractivity contribution in [3.8, 4) is 0 Å². The van der Waals surface area contributed by atoms with Crippen molar-refractivity contribution in [2.75, 3.05) is 19.7 Å². The molecule has 2 atom stereocenters. The Morgan fingerprint density at radius 3 is 2.20 bits per heavy atom. The highest BCUT2D eigenvalue weighted by molar-refractivity contribution is 7.64. The van der Waals surface area contributed by atoms with E-state index in [4.69, 9.17) is 0 Å². The molecule has 0 aromatic rings. The van der Waals surface area contributed by atoms with Crippen LogP contribution in [0.2, 0.25) is 0 Å². The topological polar surface area (TPSA) is 160 Å². The van der Waals surface area contributed by atoms with Gasteiger partial charge in [0.25, 0.3) is 11.8 Å². The highest BCUT2D eigenvalue weighted by atomic mass is 31.3. The third-order valence-corrected chi connectivity index (χ3v) is 6.86. The zero-order valence-corrected chi connectivity index (χ0v) is 15.7. The van der Waals surface area contributed by atoms with Gasteiger partial charge in [0.1, 0.15) is 6.54 Å². The quantitative estimate of drug-likeness (QED) is 0.294. The lowest BCUT2D eigenvalue weighted by atomic mass is 10.3. The van der Waals surface area contributed by atoms with Crippen molar-refractivity contribution in [2.45, 2.75) is 25.9 Å². The summed E-state index contributed by atoms with van der Waals surface area (Å²) in [5, 5.41) is 0.973. The summed E-state index contributed by atoms with van der Waals surface area (Å²) in [6.07, 6.45) is 2.06. The molecule has 0 aromatic heterocycles. The predicted molar refractivity (Wildman–Crippen MR) is 85.3 cm³/mol. The van der Waals surface area contributed by atoms with Gasteiger partial charge in [-0.3, -0.25) is 28.4 Å². The average molecular weight is 398 g/mol. The van der Waals surface area contributed by atoms with E-state index in [2.05, 4.69) is 14.2 Å². The Hall–Kier alpha value is -1.35. The van der Waals surface area contributed by atoms with Gasteiger partial charge >= 0.3 is 15.4 Å². The van der Waals surface area contributed by atoms with Crippen molar-refractivity contribution in [2.24, 2.45) is 0 Å². The van der Waals surface area contributed by atoms with Gasteiger partial charge in [-0.1, -0.05) is 0 Å². The van der Waals surface area contributed by atoms with Crippen LogP contribution < -0.4 is 5.32 Å². The summed E-state index contributed by atoms with van der Waals surface area (Å²) < 4.78 is 32.3. The molecule has 1 aliphatic rings. The van der Waals surface area contributed by atoms with E-state index >= 15 is 0 Å². The monoisotopic (exact) mass is 398 g/mol. The molecule has 3 N–H and O–H groups in total. The Morgan fingerprint density at radius 1 is 1.20 bits per heavy atom. The normalized spacial score (nSPS) is 19.6. The molecular weight excluding hydrogens is 378 g/mol. The smallest absolute Gasteiger partial charge is 0.352 e. The zero-order chi connectivity index (χ0) is 19.5. The summed E-state index contributed by atoms with van der Waals surface area (Å²) in [5.41, 5.74) is 0. The van der Waals surface area contributed by atoms with Crippen LogP contribution in [-0.2, 0) is 32.3 Å². The summed E-state index contributed by atoms with van der Waals surface area (Å²) in [6.45, 7) is 2.80. The summed E-state index contributed by atoms with van der Waals surface area (Å²) in [5.74, 6) is -1.93. The molecule has 1 heterocycles. The number of rotatable bonds is 8. The number of amides is 3. The number of carbonyl (C=O) groups excluding carboxylic acids is 3. The molecule has 0 aliphatic carbocycles. The van der Waals surface area contributed by atoms with E-state index in [9.17, 15) is 33.3 Å². The second kappa shape index (κ2) is 7.90. The Morgan fingerprint density at radius 2 is 1.72 bits per heavy atom. The van der Waals surface area contributed by atoms with E-state index in [-0.39, 0.29) is 6.54 Å². The van der Waals surface area contributed by atoms with Gasteiger partial charge < -0.3 is 15.1 Å². The summed E-state index contributed by atoms with van der Waals surface area (Å²) >= 11 is 0. The van der Waals surface area contributed by atoms with Gasteiger partial charge in [-0.2, -0.15) is 0 Å². The first kappa shape index (κ1) is 21.7. The van der Waals surface area contributed by atoms with Crippen molar-refractivity contribution >= 4 is 33.1 Å². The minimum atomic E-state index is -4.81. The van der Waals surface area contributed by atoms with Crippen molar-refractivity contribution in [3.05, 3.63) is 12.2 Å². The number of phosphoric ester groups is 1. The van der Waals surface area contributed by atoms with E-state index < -0.39 is 51.4 Å². The van der Waals surface area contributed by atoms with Gasteiger partial charge in [0.05, 0.1) is 11.8 Å². The molecule has 142 valence electrons. The van der Waals surface area contributed by atoms with E-state index in [1.54, 1.807) is 0 Å². The highest BCUT2D eigenvalue weighted by Crippen LogP contribution is 2.65. The maximum absolute atomic E-state index is 11.8. The summed E-state index contributed by atoms with van der Waals surface area (Å²) in [4.78, 5) is 53.9. The van der Waals surface area contributed by atoms with Gasteiger partial charge in [0, 0.05) is 18.7 Å². The van der Waals surface area contributed by atoms with Crippen molar-refractivity contribution in [1.29, 1.82) is 0 Å². The minimum absolute atomic E-state index is 0.248. The number of hydrogen-bond donors (Lipinski definition) is 3. The molecular formula is C12H20N2O9P2. The first-order valence-electron chi connectivity index (χ1n) is 7.07. The molecule has 0 saturated heterocycles. The van der Waals surface area contributed by atoms with Gasteiger partial charge in [0.2, 0.25) is 5.91 Å². The SMILES string of the molecule is CC(C)(C)P(=O)(O)OP(=O)(O)OCCNC(=O)CN1C(=O)C=CC1=O. The molecule has 0 aromatic carbocycles. The molecule has 1 aliphatic heterocycles. The van der Waals surface area contributed by atoms with Crippen LogP contribution in [0.1, 0.15) is 20.8 Å². The third kappa shape index (κ3) is 6.47. The lowest BCUT2D eigenvalue weighted by Gasteiger charge is -2.26. The second-order valence-corrected chi connectivity index (χ2v) is 10.3. The van der Waals surface area contributed by atoms with Crippen LogP contribution >= 0.6 is 15.4 Å². The van der Waals surface area contributed by atoms with Gasteiger partial charge in [-0.15, -0.1) is 0 Å². The number of nitrogens with one attached hydrogen (secondary N) is 1. The van der Waals surface area contributed by atoms with Crippen molar-refractivity contribution in [1.82, 2.24) is 10.2 Å². The second-order valence-electron chi connectivity index (χ2n) is 6.02. The van der Waals surface area contributed by atoms with Gasteiger partial charge in [-0.25, -0.2) is 8.88 Å². The Bertz CT molecular complexity index is 665. The van der Waals surface area contributed by atoms with E-state index in [0.29, 0.717) is 4.90 Å². The van der Waals surface area contributed by atoms with Crippen LogP contribution in [-0.4, -0.2) is 57.3 Å². The molecule has 0 radical (unpaired) electrons. The fourth-order valence-electron chi connectivity index (χ4n) is 1.42. The molecule has 0 spiro atoms. The third-order valence-electron chi connectivity index (χ3n) is 2.94. The Balaban J connectivity index is 2.38. The largest absolute Gasteiger partial charge is 0.479 e. The fourth-order valence-corrected chi connectivity index (χ4v) is 4.03. The minimum Gasteiger partial charge on any atom is -0.352 e. The number of imide groups is 1. The van der Waals surface area contributed by atoms with Crippen LogP contribution in [0.4, 0.5) is 0 Å². The maximum Gasteiger partial charge on any atom is 0.479 e. The van der Waals surface area contributed by atoms with Gasteiger partial charge in [-0.05, 0) is 20.8 Å². The number of carbonyl (C=O) groups is 3.